The van der Waals surface area contributed by atoms with Gasteiger partial charge in [-0.25, -0.2) is 0 Å². The second-order valence-corrected chi connectivity index (χ2v) is 9.89. The molecular weight excluding hydrogens is 490 g/mol. The molecule has 3 fully saturated rings. The number of likely N-dealkylation sites (tertiary alicyclic amines) is 1. The third-order valence-electron chi connectivity index (χ3n) is 6.61. The molecule has 3 aliphatic heterocycles. The van der Waals surface area contributed by atoms with Gasteiger partial charge < -0.3 is 25.4 Å². The minimum Gasteiger partial charge on any atom is -0.396 e. The van der Waals surface area contributed by atoms with Crippen LogP contribution in [0.3, 0.4) is 0 Å². The number of halogens is 2. The maximum Gasteiger partial charge on any atom is 0.250 e. The van der Waals surface area contributed by atoms with Crippen molar-refractivity contribution in [2.75, 3.05) is 25.5 Å². The first kappa shape index (κ1) is 22.5. The first-order valence-electron chi connectivity index (χ1n) is 10.3. The van der Waals surface area contributed by atoms with E-state index in [2.05, 4.69) is 26.6 Å². The summed E-state index contributed by atoms with van der Waals surface area (Å²) in [7, 11) is 1.53. The van der Waals surface area contributed by atoms with Crippen molar-refractivity contribution >= 4 is 50.9 Å². The quantitative estimate of drug-likeness (QED) is 0.498. The Bertz CT molecular complexity index is 910. The average Bonchev–Trinajstić information content (AvgIpc) is 3.32. The number of hydrogen-bond acceptors (Lipinski definition) is 5. The topological polar surface area (TPSA) is 108 Å². The molecule has 1 aromatic carbocycles. The predicted molar refractivity (Wildman–Crippen MR) is 118 cm³/mol. The van der Waals surface area contributed by atoms with Crippen molar-refractivity contribution in [3.05, 3.63) is 28.8 Å². The van der Waals surface area contributed by atoms with Gasteiger partial charge in [0.15, 0.2) is 0 Å². The highest BCUT2D eigenvalue weighted by Gasteiger charge is 2.76. The van der Waals surface area contributed by atoms with E-state index in [0.717, 1.165) is 5.56 Å². The van der Waals surface area contributed by atoms with E-state index in [1.54, 1.807) is 12.1 Å². The molecule has 0 radical (unpaired) electrons. The zero-order valence-electron chi connectivity index (χ0n) is 17.2. The summed E-state index contributed by atoms with van der Waals surface area (Å²) >= 11 is 9.90. The first-order chi connectivity index (χ1) is 14.8. The SMILES string of the molecule is CNC(=O)[C@H]1[C@H]2C(=O)N(CCCO)C(C(=O)Nc3c(C)cccc3Cl)C23CC(Br)[C@@H]1O3. The Morgan fingerprint density at radius 2 is 2.13 bits per heavy atom. The Labute approximate surface area is 193 Å². The fourth-order valence-electron chi connectivity index (χ4n) is 5.36. The normalized spacial score (nSPS) is 33.5. The van der Waals surface area contributed by atoms with E-state index in [-0.39, 0.29) is 29.8 Å². The van der Waals surface area contributed by atoms with E-state index >= 15 is 0 Å². The number of anilines is 1. The van der Waals surface area contributed by atoms with Gasteiger partial charge in [0.1, 0.15) is 11.6 Å². The molecule has 6 atom stereocenters. The van der Waals surface area contributed by atoms with Crippen LogP contribution in [0.2, 0.25) is 5.02 Å². The third kappa shape index (κ3) is 3.37. The lowest BCUT2D eigenvalue weighted by atomic mass is 9.70. The lowest BCUT2D eigenvalue weighted by Gasteiger charge is -2.34. The summed E-state index contributed by atoms with van der Waals surface area (Å²) in [6, 6.07) is 4.37. The Morgan fingerprint density at radius 3 is 2.77 bits per heavy atom. The van der Waals surface area contributed by atoms with Crippen LogP contribution in [-0.4, -0.2) is 70.5 Å². The van der Waals surface area contributed by atoms with Crippen molar-refractivity contribution in [2.24, 2.45) is 11.8 Å². The number of aryl methyl sites for hydroxylation is 1. The number of amides is 3. The molecule has 3 N–H and O–H groups in total. The number of rotatable bonds is 6. The fourth-order valence-corrected chi connectivity index (χ4v) is 6.57. The minimum absolute atomic E-state index is 0.122. The molecule has 1 aromatic rings. The molecule has 3 saturated heterocycles. The number of carbonyl (C=O) groups is 3. The van der Waals surface area contributed by atoms with Crippen LogP contribution >= 0.6 is 27.5 Å². The Balaban J connectivity index is 1.74. The van der Waals surface area contributed by atoms with Gasteiger partial charge in [-0.05, 0) is 31.4 Å². The number of fused-ring (bicyclic) bond motifs is 1. The standard InChI is InChI=1S/C21H25BrClN3O5/c1-10-5-3-6-12(23)15(10)25-19(29)17-21-9-11(22)16(31-21)13(18(28)24-2)14(21)20(30)26(17)7-4-8-27/h3,5-6,11,13-14,16-17,27H,4,7-9H2,1-2H3,(H,24,28)(H,25,29)/t11?,13-,14-,16-,17?,21?/m0/s1. The van der Waals surface area contributed by atoms with Crippen LogP contribution < -0.4 is 10.6 Å². The molecule has 0 aromatic heterocycles. The van der Waals surface area contributed by atoms with Gasteiger partial charge >= 0.3 is 0 Å². The van der Waals surface area contributed by atoms with Crippen LogP contribution in [0.25, 0.3) is 0 Å². The smallest absolute Gasteiger partial charge is 0.250 e. The molecular formula is C21H25BrClN3O5. The van der Waals surface area contributed by atoms with Gasteiger partial charge in [0.2, 0.25) is 17.7 Å². The van der Waals surface area contributed by atoms with Crippen LogP contribution in [0, 0.1) is 18.8 Å². The largest absolute Gasteiger partial charge is 0.396 e. The highest BCUT2D eigenvalue weighted by molar-refractivity contribution is 9.09. The number of nitrogens with one attached hydrogen (secondary N) is 2. The van der Waals surface area contributed by atoms with Gasteiger partial charge in [0.05, 0.1) is 28.6 Å². The summed E-state index contributed by atoms with van der Waals surface area (Å²) in [5.41, 5.74) is 0.149. The molecule has 2 bridgehead atoms. The first-order valence-corrected chi connectivity index (χ1v) is 11.6. The van der Waals surface area contributed by atoms with Gasteiger partial charge in [0.25, 0.3) is 0 Å². The van der Waals surface area contributed by atoms with E-state index in [1.165, 1.54) is 11.9 Å². The van der Waals surface area contributed by atoms with Gasteiger partial charge in [-0.2, -0.15) is 0 Å². The number of ether oxygens (including phenoxy) is 1. The van der Waals surface area contributed by atoms with Crippen molar-refractivity contribution in [1.82, 2.24) is 10.2 Å². The van der Waals surface area contributed by atoms with E-state index in [9.17, 15) is 19.5 Å². The second-order valence-electron chi connectivity index (χ2n) is 8.31. The average molecular weight is 515 g/mol. The molecule has 3 amide bonds. The van der Waals surface area contributed by atoms with Gasteiger partial charge in [0, 0.05) is 25.0 Å². The molecule has 168 valence electrons. The van der Waals surface area contributed by atoms with Crippen molar-refractivity contribution < 1.29 is 24.2 Å². The molecule has 1 spiro atoms. The zero-order valence-corrected chi connectivity index (χ0v) is 19.6. The van der Waals surface area contributed by atoms with Gasteiger partial charge in [-0.3, -0.25) is 14.4 Å². The predicted octanol–water partition coefficient (Wildman–Crippen LogP) is 1.46. The van der Waals surface area contributed by atoms with Crippen LogP contribution in [0.1, 0.15) is 18.4 Å². The van der Waals surface area contributed by atoms with E-state index in [1.807, 2.05) is 13.0 Å². The third-order valence-corrected chi connectivity index (χ3v) is 7.77. The Hall–Kier alpha value is -1.68. The van der Waals surface area contributed by atoms with Crippen LogP contribution in [0.4, 0.5) is 5.69 Å². The number of aliphatic hydroxyl groups is 1. The summed E-state index contributed by atoms with van der Waals surface area (Å²) in [6.07, 6.45) is 0.248. The number of hydrogen-bond donors (Lipinski definition) is 3. The lowest BCUT2D eigenvalue weighted by Crippen LogP contribution is -2.54. The zero-order chi connectivity index (χ0) is 22.5. The number of benzene rings is 1. The minimum atomic E-state index is -1.12. The maximum absolute atomic E-state index is 13.6. The summed E-state index contributed by atoms with van der Waals surface area (Å²) in [6.45, 7) is 1.90. The van der Waals surface area contributed by atoms with Crippen molar-refractivity contribution in [3.8, 4) is 0 Å². The number of para-hydroxylation sites is 1. The fraction of sp³-hybridized carbons (Fsp3) is 0.571. The molecule has 0 saturated carbocycles. The number of alkyl halides is 1. The molecule has 8 nitrogen and oxygen atoms in total. The summed E-state index contributed by atoms with van der Waals surface area (Å²) in [5.74, 6) is -2.43. The summed E-state index contributed by atoms with van der Waals surface area (Å²) < 4.78 is 6.32. The number of carbonyl (C=O) groups excluding carboxylic acids is 3. The Morgan fingerprint density at radius 1 is 1.39 bits per heavy atom. The molecule has 3 unspecified atom stereocenters. The van der Waals surface area contributed by atoms with Crippen molar-refractivity contribution in [2.45, 2.75) is 42.3 Å². The van der Waals surface area contributed by atoms with Crippen LogP contribution in [0.5, 0.6) is 0 Å². The monoisotopic (exact) mass is 513 g/mol. The van der Waals surface area contributed by atoms with Gasteiger partial charge in [-0.15, -0.1) is 0 Å². The van der Waals surface area contributed by atoms with Crippen molar-refractivity contribution in [1.29, 1.82) is 0 Å². The number of nitrogens with zero attached hydrogens (tertiary/aromatic N) is 1. The molecule has 10 heteroatoms. The Kier molecular flexibility index (Phi) is 6.06. The molecule has 31 heavy (non-hydrogen) atoms. The highest BCUT2D eigenvalue weighted by Crippen LogP contribution is 2.60. The van der Waals surface area contributed by atoms with E-state index in [0.29, 0.717) is 23.6 Å². The highest BCUT2D eigenvalue weighted by atomic mass is 79.9. The molecule has 3 aliphatic rings. The molecule has 3 heterocycles. The van der Waals surface area contributed by atoms with E-state index < -0.39 is 35.5 Å². The maximum atomic E-state index is 13.6. The summed E-state index contributed by atoms with van der Waals surface area (Å²) in [5, 5.41) is 15.3. The van der Waals surface area contributed by atoms with Crippen LogP contribution in [0.15, 0.2) is 18.2 Å². The molecule has 4 rings (SSSR count). The van der Waals surface area contributed by atoms with Crippen LogP contribution in [-0.2, 0) is 19.1 Å². The molecule has 0 aliphatic carbocycles. The lowest BCUT2D eigenvalue weighted by molar-refractivity contribution is -0.140. The van der Waals surface area contributed by atoms with E-state index in [4.69, 9.17) is 16.3 Å². The summed E-state index contributed by atoms with van der Waals surface area (Å²) in [4.78, 5) is 41.0. The second kappa shape index (κ2) is 8.35. The van der Waals surface area contributed by atoms with Gasteiger partial charge in [-0.1, -0.05) is 39.7 Å². The number of aliphatic hydroxyl groups excluding tert-OH is 1. The van der Waals surface area contributed by atoms with Crippen molar-refractivity contribution in [3.63, 3.8) is 0 Å².